The number of nitrogens with two attached hydrogens (primary N) is 1. The molecule has 0 radical (unpaired) electrons. The SMILES string of the molecule is NNc1c([N+](=O)[O-])c(-c2ccccc2)c([N+](=O)[O-])c(-c2ccccc2)c1[N+](=O)[O-].O. The summed E-state index contributed by atoms with van der Waals surface area (Å²) in [6.45, 7) is 0. The van der Waals surface area contributed by atoms with Crippen molar-refractivity contribution in [3.05, 3.63) is 91.0 Å². The van der Waals surface area contributed by atoms with Gasteiger partial charge in [0.15, 0.2) is 0 Å². The number of anilines is 1. The molecule has 0 spiro atoms. The first-order valence-corrected chi connectivity index (χ1v) is 8.13. The third kappa shape index (κ3) is 3.63. The molecule has 0 aliphatic carbocycles. The van der Waals surface area contributed by atoms with Crippen molar-refractivity contribution in [3.8, 4) is 22.3 Å². The summed E-state index contributed by atoms with van der Waals surface area (Å²) in [4.78, 5) is 33.0. The maximum absolute atomic E-state index is 12.0. The molecular weight excluding hydrogens is 398 g/mol. The van der Waals surface area contributed by atoms with Gasteiger partial charge in [0.05, 0.1) is 14.8 Å². The molecule has 0 unspecified atom stereocenters. The molecule has 5 N–H and O–H groups in total. The quantitative estimate of drug-likeness (QED) is 0.348. The van der Waals surface area contributed by atoms with Gasteiger partial charge < -0.3 is 10.9 Å². The summed E-state index contributed by atoms with van der Waals surface area (Å²) in [5.74, 6) is 5.42. The van der Waals surface area contributed by atoms with Crippen molar-refractivity contribution in [1.29, 1.82) is 0 Å². The first kappa shape index (κ1) is 21.9. The Balaban J connectivity index is 0.00000320. The highest BCUT2D eigenvalue weighted by atomic mass is 16.6. The molecule has 30 heavy (non-hydrogen) atoms. The number of hydrogen-bond acceptors (Lipinski definition) is 8. The van der Waals surface area contributed by atoms with E-state index in [1.54, 1.807) is 36.4 Å². The molecule has 3 rings (SSSR count). The number of rotatable bonds is 6. The fraction of sp³-hybridized carbons (Fsp3) is 0. The monoisotopic (exact) mass is 413 g/mol. The lowest BCUT2D eigenvalue weighted by Gasteiger charge is -2.14. The van der Waals surface area contributed by atoms with Gasteiger partial charge in [0.1, 0.15) is 11.1 Å². The van der Waals surface area contributed by atoms with Gasteiger partial charge in [0.25, 0.3) is 5.69 Å². The Morgan fingerprint density at radius 2 is 0.967 bits per heavy atom. The minimum Gasteiger partial charge on any atom is -0.412 e. The number of hydrazine groups is 1. The number of nitro benzene ring substituents is 3. The second-order valence-electron chi connectivity index (χ2n) is 5.82. The molecule has 0 aliphatic rings. The largest absolute Gasteiger partial charge is 0.412 e. The van der Waals surface area contributed by atoms with Gasteiger partial charge in [0, 0.05) is 0 Å². The number of nitrogen functional groups attached to an aromatic ring is 1. The van der Waals surface area contributed by atoms with E-state index in [0.29, 0.717) is 0 Å². The van der Waals surface area contributed by atoms with Crippen LogP contribution in [-0.4, -0.2) is 20.2 Å². The predicted molar refractivity (Wildman–Crippen MR) is 109 cm³/mol. The Morgan fingerprint density at radius 3 is 1.23 bits per heavy atom. The highest BCUT2D eigenvalue weighted by Gasteiger charge is 2.42. The zero-order valence-corrected chi connectivity index (χ0v) is 15.1. The van der Waals surface area contributed by atoms with Crippen LogP contribution in [0, 0.1) is 30.3 Å². The summed E-state index contributed by atoms with van der Waals surface area (Å²) in [7, 11) is 0. The van der Waals surface area contributed by atoms with Gasteiger partial charge in [-0.3, -0.25) is 36.2 Å². The molecule has 0 aliphatic heterocycles. The van der Waals surface area contributed by atoms with Crippen molar-refractivity contribution in [2.75, 3.05) is 5.43 Å². The summed E-state index contributed by atoms with van der Waals surface area (Å²) >= 11 is 0. The average molecular weight is 413 g/mol. The van der Waals surface area contributed by atoms with E-state index in [-0.39, 0.29) is 27.7 Å². The third-order valence-electron chi connectivity index (χ3n) is 4.24. The Morgan fingerprint density at radius 1 is 0.633 bits per heavy atom. The minimum atomic E-state index is -0.924. The molecule has 0 fully saturated rings. The van der Waals surface area contributed by atoms with Gasteiger partial charge in [0.2, 0.25) is 5.69 Å². The molecule has 154 valence electrons. The lowest BCUT2D eigenvalue weighted by Crippen LogP contribution is -2.14. The number of hydrogen-bond donors (Lipinski definition) is 2. The maximum atomic E-state index is 12.0. The van der Waals surface area contributed by atoms with Crippen LogP contribution in [0.25, 0.3) is 22.3 Å². The smallest absolute Gasteiger partial charge is 0.315 e. The van der Waals surface area contributed by atoms with E-state index in [1.807, 2.05) is 5.43 Å². The molecule has 3 aromatic carbocycles. The maximum Gasteiger partial charge on any atom is 0.315 e. The normalized spacial score (nSPS) is 10.0. The molecular formula is C18H15N5O7. The molecule has 0 amide bonds. The van der Waals surface area contributed by atoms with Crippen LogP contribution in [0.5, 0.6) is 0 Å². The number of benzene rings is 3. The van der Waals surface area contributed by atoms with E-state index in [4.69, 9.17) is 5.84 Å². The highest BCUT2D eigenvalue weighted by Crippen LogP contribution is 2.54. The van der Waals surface area contributed by atoms with Crippen molar-refractivity contribution in [2.45, 2.75) is 0 Å². The van der Waals surface area contributed by atoms with Crippen LogP contribution in [-0.2, 0) is 0 Å². The van der Waals surface area contributed by atoms with E-state index in [0.717, 1.165) is 0 Å². The second-order valence-corrected chi connectivity index (χ2v) is 5.82. The lowest BCUT2D eigenvalue weighted by molar-refractivity contribution is -0.399. The van der Waals surface area contributed by atoms with Gasteiger partial charge in [-0.05, 0) is 11.1 Å². The van der Waals surface area contributed by atoms with E-state index >= 15 is 0 Å². The molecule has 0 atom stereocenters. The minimum absolute atomic E-state index is 0. The number of nitro groups is 3. The molecule has 12 nitrogen and oxygen atoms in total. The molecule has 0 saturated carbocycles. The van der Waals surface area contributed by atoms with Crippen molar-refractivity contribution in [1.82, 2.24) is 0 Å². The van der Waals surface area contributed by atoms with E-state index in [2.05, 4.69) is 0 Å². The van der Waals surface area contributed by atoms with Crippen molar-refractivity contribution in [2.24, 2.45) is 5.84 Å². The number of nitrogens with zero attached hydrogens (tertiary/aromatic N) is 3. The zero-order valence-electron chi connectivity index (χ0n) is 15.1. The topological polar surface area (TPSA) is 199 Å². The van der Waals surface area contributed by atoms with Crippen LogP contribution in [0.1, 0.15) is 0 Å². The van der Waals surface area contributed by atoms with Crippen LogP contribution in [0.15, 0.2) is 60.7 Å². The first-order valence-electron chi connectivity index (χ1n) is 8.13. The summed E-state index contributed by atoms with van der Waals surface area (Å²) in [5, 5.41) is 35.7. The van der Waals surface area contributed by atoms with Gasteiger partial charge in [-0.25, -0.2) is 0 Å². The summed E-state index contributed by atoms with van der Waals surface area (Å²) in [6.07, 6.45) is 0. The molecule has 12 heteroatoms. The fourth-order valence-corrected chi connectivity index (χ4v) is 3.15. The Hall–Kier alpha value is -4.42. The van der Waals surface area contributed by atoms with E-state index < -0.39 is 37.5 Å². The average Bonchev–Trinajstić information content (AvgIpc) is 2.72. The van der Waals surface area contributed by atoms with E-state index in [9.17, 15) is 30.3 Å². The standard InChI is InChI=1S/C18H13N5O6.H2O/c19-20-15-17(22(26)27)13(11-7-3-1-4-8-11)16(21(24)25)14(18(15)23(28)29)12-9-5-2-6-10-12;/h1-10,20H,19H2;1H2. The molecule has 0 bridgehead atoms. The molecule has 0 saturated heterocycles. The first-order chi connectivity index (χ1) is 13.9. The van der Waals surface area contributed by atoms with E-state index in [1.165, 1.54) is 24.3 Å². The van der Waals surface area contributed by atoms with Crippen molar-refractivity contribution >= 4 is 22.7 Å². The second kappa shape index (κ2) is 8.72. The highest BCUT2D eigenvalue weighted by molar-refractivity contribution is 6.03. The Kier molecular flexibility index (Phi) is 6.36. The summed E-state index contributed by atoms with van der Waals surface area (Å²) < 4.78 is 0. The van der Waals surface area contributed by atoms with Gasteiger partial charge in [-0.2, -0.15) is 0 Å². The lowest BCUT2D eigenvalue weighted by atomic mass is 9.91. The third-order valence-corrected chi connectivity index (χ3v) is 4.24. The molecule has 0 aromatic heterocycles. The summed E-state index contributed by atoms with van der Waals surface area (Å²) in [6, 6.07) is 15.2. The Labute approximate surface area is 168 Å². The van der Waals surface area contributed by atoms with Crippen molar-refractivity contribution < 1.29 is 20.2 Å². The van der Waals surface area contributed by atoms with Crippen LogP contribution < -0.4 is 11.3 Å². The summed E-state index contributed by atoms with van der Waals surface area (Å²) in [5.41, 5.74) is -1.52. The zero-order chi connectivity index (χ0) is 21.1. The molecule has 3 aromatic rings. The number of nitrogens with one attached hydrogen (secondary N) is 1. The molecule has 0 heterocycles. The van der Waals surface area contributed by atoms with Gasteiger partial charge in [-0.1, -0.05) is 60.7 Å². The van der Waals surface area contributed by atoms with Gasteiger partial charge >= 0.3 is 11.4 Å². The van der Waals surface area contributed by atoms with Crippen LogP contribution in [0.2, 0.25) is 0 Å². The Bertz CT molecular complexity index is 1040. The van der Waals surface area contributed by atoms with Crippen LogP contribution >= 0.6 is 0 Å². The van der Waals surface area contributed by atoms with Crippen LogP contribution in [0.3, 0.4) is 0 Å². The van der Waals surface area contributed by atoms with Crippen molar-refractivity contribution in [3.63, 3.8) is 0 Å². The fourth-order valence-electron chi connectivity index (χ4n) is 3.15. The van der Waals surface area contributed by atoms with Gasteiger partial charge in [-0.15, -0.1) is 0 Å². The predicted octanol–water partition coefficient (Wildman–Crippen LogP) is 3.21. The van der Waals surface area contributed by atoms with Crippen LogP contribution in [0.4, 0.5) is 22.7 Å².